The Balaban J connectivity index is 1.65. The van der Waals surface area contributed by atoms with E-state index in [0.717, 1.165) is 53.9 Å². The van der Waals surface area contributed by atoms with Crippen molar-refractivity contribution in [2.45, 2.75) is 32.2 Å². The molecule has 1 N–H and O–H groups in total. The third-order valence-electron chi connectivity index (χ3n) is 5.98. The van der Waals surface area contributed by atoms with Crippen molar-refractivity contribution in [3.05, 3.63) is 83.4 Å². The number of hydrogen-bond acceptors (Lipinski definition) is 4. The number of anilines is 1. The molecule has 0 saturated carbocycles. The molecule has 6 heteroatoms. The van der Waals surface area contributed by atoms with Crippen LogP contribution in [0.1, 0.15) is 40.7 Å². The first kappa shape index (κ1) is 27.0. The number of hydrogen-bond donors (Lipinski definition) is 1. The fourth-order valence-corrected chi connectivity index (χ4v) is 4.12. The number of ether oxygens (including phenoxy) is 1. The van der Waals surface area contributed by atoms with Crippen LogP contribution in [-0.2, 0) is 17.8 Å². The predicted octanol–water partition coefficient (Wildman–Crippen LogP) is 5.48. The number of amides is 2. The Kier molecular flexibility index (Phi) is 9.65. The van der Waals surface area contributed by atoms with Gasteiger partial charge in [0.2, 0.25) is 5.91 Å². The minimum Gasteiger partial charge on any atom is -0.497 e. The maximum absolute atomic E-state index is 12.6. The Morgan fingerprint density at radius 1 is 0.889 bits per heavy atom. The lowest BCUT2D eigenvalue weighted by Crippen LogP contribution is -2.21. The van der Waals surface area contributed by atoms with E-state index in [1.54, 1.807) is 26.1 Å². The molecule has 0 bridgehead atoms. The normalized spacial score (nSPS) is 10.8. The zero-order valence-electron chi connectivity index (χ0n) is 22.0. The van der Waals surface area contributed by atoms with Crippen LogP contribution >= 0.6 is 0 Å². The molecule has 0 radical (unpaired) electrons. The molecular weight excluding hydrogens is 450 g/mol. The van der Waals surface area contributed by atoms with Crippen molar-refractivity contribution < 1.29 is 14.3 Å². The average molecular weight is 488 g/mol. The number of nitrogens with zero attached hydrogens (tertiary/aromatic N) is 2. The third kappa shape index (κ3) is 7.68. The quantitative estimate of drug-likeness (QED) is 0.364. The van der Waals surface area contributed by atoms with E-state index in [-0.39, 0.29) is 11.8 Å². The van der Waals surface area contributed by atoms with E-state index < -0.39 is 0 Å². The maximum atomic E-state index is 12.6. The van der Waals surface area contributed by atoms with Gasteiger partial charge in [-0.15, -0.1) is 0 Å². The molecule has 0 spiro atoms. The van der Waals surface area contributed by atoms with Gasteiger partial charge in [-0.2, -0.15) is 0 Å². The summed E-state index contributed by atoms with van der Waals surface area (Å²) in [5.41, 5.74) is 5.85. The minimum atomic E-state index is -0.0255. The molecule has 2 amide bonds. The highest BCUT2D eigenvalue weighted by Crippen LogP contribution is 2.29. The molecule has 0 fully saturated rings. The molecule has 0 heterocycles. The van der Waals surface area contributed by atoms with Gasteiger partial charge in [0.05, 0.1) is 7.11 Å². The first-order valence-electron chi connectivity index (χ1n) is 12.3. The van der Waals surface area contributed by atoms with Crippen molar-refractivity contribution in [1.29, 1.82) is 0 Å². The molecule has 3 aromatic rings. The van der Waals surface area contributed by atoms with Crippen LogP contribution in [0.5, 0.6) is 5.75 Å². The monoisotopic (exact) mass is 487 g/mol. The Morgan fingerprint density at radius 2 is 1.64 bits per heavy atom. The number of benzene rings is 3. The summed E-state index contributed by atoms with van der Waals surface area (Å²) in [5.74, 6) is 0.846. The third-order valence-corrected chi connectivity index (χ3v) is 5.98. The van der Waals surface area contributed by atoms with E-state index in [4.69, 9.17) is 4.74 Å². The maximum Gasteiger partial charge on any atom is 0.253 e. The van der Waals surface area contributed by atoms with Gasteiger partial charge in [0, 0.05) is 38.3 Å². The minimum absolute atomic E-state index is 0.0129. The summed E-state index contributed by atoms with van der Waals surface area (Å²) in [7, 11) is 9.23. The molecule has 0 aliphatic rings. The van der Waals surface area contributed by atoms with Gasteiger partial charge in [0.1, 0.15) is 5.75 Å². The van der Waals surface area contributed by atoms with Crippen molar-refractivity contribution >= 4 is 17.5 Å². The molecule has 0 atom stereocenters. The lowest BCUT2D eigenvalue weighted by molar-refractivity contribution is -0.116. The summed E-state index contributed by atoms with van der Waals surface area (Å²) >= 11 is 0. The van der Waals surface area contributed by atoms with Crippen LogP contribution in [0.25, 0.3) is 11.1 Å². The molecule has 3 rings (SSSR count). The van der Waals surface area contributed by atoms with Crippen molar-refractivity contribution in [3.8, 4) is 16.9 Å². The van der Waals surface area contributed by atoms with Gasteiger partial charge in [-0.1, -0.05) is 30.3 Å². The SMILES string of the molecule is COc1cccc(CCCCC(=O)Nc2ccc(CN(C)C)c(-c3ccc(C(=O)N(C)C)cc3)c2)c1. The molecule has 0 aromatic heterocycles. The first-order chi connectivity index (χ1) is 17.3. The average Bonchev–Trinajstić information content (AvgIpc) is 2.87. The van der Waals surface area contributed by atoms with Gasteiger partial charge >= 0.3 is 0 Å². The van der Waals surface area contributed by atoms with E-state index in [0.29, 0.717) is 12.0 Å². The number of carbonyl (C=O) groups is 2. The molecular formula is C30H37N3O3. The second-order valence-electron chi connectivity index (χ2n) is 9.49. The highest BCUT2D eigenvalue weighted by Gasteiger charge is 2.12. The van der Waals surface area contributed by atoms with Crippen molar-refractivity contribution in [3.63, 3.8) is 0 Å². The van der Waals surface area contributed by atoms with Gasteiger partial charge in [-0.05, 0) is 92.0 Å². The summed E-state index contributed by atoms with van der Waals surface area (Å²) in [5, 5.41) is 3.06. The first-order valence-corrected chi connectivity index (χ1v) is 12.3. The van der Waals surface area contributed by atoms with Crippen LogP contribution in [0.2, 0.25) is 0 Å². The molecule has 0 saturated heterocycles. The van der Waals surface area contributed by atoms with Crippen LogP contribution < -0.4 is 10.1 Å². The van der Waals surface area contributed by atoms with Gasteiger partial charge in [0.15, 0.2) is 0 Å². The van der Waals surface area contributed by atoms with Crippen LogP contribution in [0.4, 0.5) is 5.69 Å². The van der Waals surface area contributed by atoms with Crippen LogP contribution in [0.15, 0.2) is 66.7 Å². The topological polar surface area (TPSA) is 61.9 Å². The summed E-state index contributed by atoms with van der Waals surface area (Å²) in [6.45, 7) is 0.770. The van der Waals surface area contributed by atoms with E-state index in [1.165, 1.54) is 5.56 Å². The van der Waals surface area contributed by atoms with Crippen LogP contribution in [0, 0.1) is 0 Å². The van der Waals surface area contributed by atoms with E-state index >= 15 is 0 Å². The lowest BCUT2D eigenvalue weighted by atomic mass is 9.97. The molecule has 190 valence electrons. The number of methoxy groups -OCH3 is 1. The van der Waals surface area contributed by atoms with E-state index in [2.05, 4.69) is 22.3 Å². The van der Waals surface area contributed by atoms with Gasteiger partial charge < -0.3 is 19.9 Å². The summed E-state index contributed by atoms with van der Waals surface area (Å²) in [6.07, 6.45) is 3.14. The summed E-state index contributed by atoms with van der Waals surface area (Å²) in [4.78, 5) is 28.6. The number of carbonyl (C=O) groups excluding carboxylic acids is 2. The van der Waals surface area contributed by atoms with Crippen LogP contribution in [0.3, 0.4) is 0 Å². The Morgan fingerprint density at radius 3 is 2.31 bits per heavy atom. The Bertz CT molecular complexity index is 1170. The fraction of sp³-hybridized carbons (Fsp3) is 0.333. The van der Waals surface area contributed by atoms with Crippen molar-refractivity contribution in [2.75, 3.05) is 40.6 Å². The molecule has 36 heavy (non-hydrogen) atoms. The second kappa shape index (κ2) is 12.9. The van der Waals surface area contributed by atoms with Crippen molar-refractivity contribution in [2.24, 2.45) is 0 Å². The van der Waals surface area contributed by atoms with Gasteiger partial charge in [-0.3, -0.25) is 9.59 Å². The Hall–Kier alpha value is -3.64. The standard InChI is InChI=1S/C30H37N3O3/c1-32(2)21-25-17-18-26(20-28(25)23-13-15-24(16-14-23)30(35)33(3)4)31-29(34)12-7-6-9-22-10-8-11-27(19-22)36-5/h8,10-11,13-20H,6-7,9,12,21H2,1-5H3,(H,31,34). The summed E-state index contributed by atoms with van der Waals surface area (Å²) in [6, 6.07) is 21.7. The largest absolute Gasteiger partial charge is 0.497 e. The lowest BCUT2D eigenvalue weighted by Gasteiger charge is -2.17. The molecule has 0 aliphatic carbocycles. The molecule has 6 nitrogen and oxygen atoms in total. The number of aryl methyl sites for hydroxylation is 1. The molecule has 3 aromatic carbocycles. The smallest absolute Gasteiger partial charge is 0.253 e. The number of unbranched alkanes of at least 4 members (excludes halogenated alkanes) is 1. The van der Waals surface area contributed by atoms with E-state index in [1.807, 2.05) is 68.7 Å². The van der Waals surface area contributed by atoms with Gasteiger partial charge in [0.25, 0.3) is 5.91 Å². The number of nitrogens with one attached hydrogen (secondary N) is 1. The summed E-state index contributed by atoms with van der Waals surface area (Å²) < 4.78 is 5.28. The second-order valence-corrected chi connectivity index (χ2v) is 9.49. The zero-order chi connectivity index (χ0) is 26.1. The fourth-order valence-electron chi connectivity index (χ4n) is 4.12. The Labute approximate surface area is 214 Å². The highest BCUT2D eigenvalue weighted by atomic mass is 16.5. The van der Waals surface area contributed by atoms with Crippen molar-refractivity contribution in [1.82, 2.24) is 9.80 Å². The highest BCUT2D eigenvalue weighted by molar-refractivity contribution is 5.95. The van der Waals surface area contributed by atoms with Crippen LogP contribution in [-0.4, -0.2) is 56.9 Å². The number of rotatable bonds is 11. The molecule has 0 unspecified atom stereocenters. The zero-order valence-corrected chi connectivity index (χ0v) is 22.0. The van der Waals surface area contributed by atoms with Gasteiger partial charge in [-0.25, -0.2) is 0 Å². The molecule has 0 aliphatic heterocycles. The predicted molar refractivity (Wildman–Crippen MR) is 146 cm³/mol. The van der Waals surface area contributed by atoms with E-state index in [9.17, 15) is 9.59 Å².